The van der Waals surface area contributed by atoms with Crippen molar-refractivity contribution in [3.05, 3.63) is 65.2 Å². The van der Waals surface area contributed by atoms with Gasteiger partial charge in [-0.2, -0.15) is 0 Å². The zero-order chi connectivity index (χ0) is 16.9. The molecule has 0 aromatic heterocycles. The minimum Gasteiger partial charge on any atom is -0.494 e. The van der Waals surface area contributed by atoms with Crippen molar-refractivity contribution in [2.24, 2.45) is 0 Å². The Bertz CT molecular complexity index is 708. The van der Waals surface area contributed by atoms with Gasteiger partial charge in [-0.25, -0.2) is 0 Å². The summed E-state index contributed by atoms with van der Waals surface area (Å²) >= 11 is 3.39. The van der Waals surface area contributed by atoms with Gasteiger partial charge in [-0.3, -0.25) is 14.5 Å². The van der Waals surface area contributed by atoms with Crippen LogP contribution in [0.25, 0.3) is 0 Å². The molecule has 0 spiro atoms. The number of nitrogens with zero attached hydrogens (tertiary/aromatic N) is 1. The van der Waals surface area contributed by atoms with Gasteiger partial charge in [0.1, 0.15) is 5.75 Å². The summed E-state index contributed by atoms with van der Waals surface area (Å²) in [4.78, 5) is 26.0. The number of fused-ring (bicyclic) bond motifs is 1. The van der Waals surface area contributed by atoms with E-state index in [2.05, 4.69) is 15.9 Å². The first-order valence-corrected chi connectivity index (χ1v) is 9.06. The molecule has 24 heavy (non-hydrogen) atoms. The van der Waals surface area contributed by atoms with Crippen LogP contribution in [0.5, 0.6) is 5.75 Å². The van der Waals surface area contributed by atoms with Crippen LogP contribution < -0.4 is 4.74 Å². The zero-order valence-corrected chi connectivity index (χ0v) is 14.8. The lowest BCUT2D eigenvalue weighted by molar-refractivity contribution is 0.0642. The number of halogens is 1. The first-order chi connectivity index (χ1) is 11.7. The molecule has 0 saturated heterocycles. The van der Waals surface area contributed by atoms with Gasteiger partial charge in [0.2, 0.25) is 0 Å². The number of hydrogen-bond acceptors (Lipinski definition) is 3. The molecule has 0 saturated carbocycles. The van der Waals surface area contributed by atoms with Gasteiger partial charge in [-0.1, -0.05) is 40.2 Å². The summed E-state index contributed by atoms with van der Waals surface area (Å²) in [5.74, 6) is 0.340. The number of rotatable bonds is 7. The molecule has 0 N–H and O–H groups in total. The molecule has 1 heterocycles. The van der Waals surface area contributed by atoms with Crippen molar-refractivity contribution >= 4 is 27.7 Å². The lowest BCUT2D eigenvalue weighted by atomic mass is 10.1. The fourth-order valence-corrected chi connectivity index (χ4v) is 3.04. The van der Waals surface area contributed by atoms with E-state index in [4.69, 9.17) is 4.74 Å². The van der Waals surface area contributed by atoms with Gasteiger partial charge < -0.3 is 4.74 Å². The molecule has 2 aromatic carbocycles. The van der Waals surface area contributed by atoms with Crippen molar-refractivity contribution in [1.82, 2.24) is 4.90 Å². The van der Waals surface area contributed by atoms with Crippen LogP contribution in [0, 0.1) is 0 Å². The number of carbonyl (C=O) groups excluding carboxylic acids is 2. The van der Waals surface area contributed by atoms with Gasteiger partial charge in [0, 0.05) is 5.33 Å². The molecule has 0 unspecified atom stereocenters. The van der Waals surface area contributed by atoms with Crippen LogP contribution in [0.3, 0.4) is 0 Å². The lowest BCUT2D eigenvalue weighted by Crippen LogP contribution is -2.29. The predicted octanol–water partition coefficient (Wildman–Crippen LogP) is 4.04. The van der Waals surface area contributed by atoms with Gasteiger partial charge >= 0.3 is 0 Å². The Morgan fingerprint density at radius 3 is 2.08 bits per heavy atom. The van der Waals surface area contributed by atoms with Gasteiger partial charge in [0.25, 0.3) is 11.8 Å². The number of carbonyl (C=O) groups is 2. The van der Waals surface area contributed by atoms with Crippen LogP contribution in [-0.2, 0) is 6.54 Å². The van der Waals surface area contributed by atoms with Crippen LogP contribution in [0.2, 0.25) is 0 Å². The van der Waals surface area contributed by atoms with Crippen molar-refractivity contribution in [2.75, 3.05) is 11.9 Å². The van der Waals surface area contributed by atoms with Gasteiger partial charge in [-0.15, -0.1) is 0 Å². The van der Waals surface area contributed by atoms with Crippen molar-refractivity contribution in [2.45, 2.75) is 19.4 Å². The highest BCUT2D eigenvalue weighted by molar-refractivity contribution is 9.09. The molecule has 2 amide bonds. The van der Waals surface area contributed by atoms with E-state index in [1.54, 1.807) is 24.3 Å². The normalized spacial score (nSPS) is 13.3. The molecule has 2 aromatic rings. The van der Waals surface area contributed by atoms with Gasteiger partial charge in [0.15, 0.2) is 0 Å². The van der Waals surface area contributed by atoms with Crippen LogP contribution in [-0.4, -0.2) is 28.7 Å². The molecule has 3 rings (SSSR count). The Kier molecular flexibility index (Phi) is 5.30. The van der Waals surface area contributed by atoms with Crippen LogP contribution in [0.15, 0.2) is 48.5 Å². The highest BCUT2D eigenvalue weighted by atomic mass is 79.9. The third-order valence-electron chi connectivity index (χ3n) is 3.94. The fraction of sp³-hybridized carbons (Fsp3) is 0.263. The minimum atomic E-state index is -0.231. The number of amides is 2. The average molecular weight is 388 g/mol. The molecule has 0 atom stereocenters. The van der Waals surface area contributed by atoms with E-state index >= 15 is 0 Å². The molecule has 0 bridgehead atoms. The standard InChI is InChI=1S/C19H18BrNO3/c20-11-3-4-12-24-15-9-7-14(8-10-15)13-21-18(22)16-5-1-2-6-17(16)19(21)23/h1-2,5-10H,3-4,11-13H2. The molecule has 1 aliphatic heterocycles. The highest BCUT2D eigenvalue weighted by Crippen LogP contribution is 2.24. The Hall–Kier alpha value is -2.14. The molecule has 0 fully saturated rings. The molecule has 0 radical (unpaired) electrons. The molecular formula is C19H18BrNO3. The van der Waals surface area contributed by atoms with E-state index in [0.29, 0.717) is 17.7 Å². The maximum atomic E-state index is 12.4. The zero-order valence-electron chi connectivity index (χ0n) is 13.2. The van der Waals surface area contributed by atoms with E-state index in [9.17, 15) is 9.59 Å². The number of ether oxygens (including phenoxy) is 1. The molecule has 124 valence electrons. The third kappa shape index (κ3) is 3.51. The summed E-state index contributed by atoms with van der Waals surface area (Å²) in [7, 11) is 0. The topological polar surface area (TPSA) is 46.6 Å². The fourth-order valence-electron chi connectivity index (χ4n) is 2.64. The monoisotopic (exact) mass is 387 g/mol. The van der Waals surface area contributed by atoms with Crippen LogP contribution >= 0.6 is 15.9 Å². The van der Waals surface area contributed by atoms with E-state index in [1.165, 1.54) is 4.90 Å². The van der Waals surface area contributed by atoms with Crippen LogP contribution in [0.4, 0.5) is 0 Å². The summed E-state index contributed by atoms with van der Waals surface area (Å²) in [5, 5.41) is 0.982. The number of hydrogen-bond donors (Lipinski definition) is 0. The average Bonchev–Trinajstić information content (AvgIpc) is 2.85. The van der Waals surface area contributed by atoms with Gasteiger partial charge in [-0.05, 0) is 42.7 Å². The first-order valence-electron chi connectivity index (χ1n) is 7.93. The second-order valence-corrected chi connectivity index (χ2v) is 6.42. The van der Waals surface area contributed by atoms with Crippen LogP contribution in [0.1, 0.15) is 39.1 Å². The Labute approximate surface area is 149 Å². The minimum absolute atomic E-state index is 0.231. The summed E-state index contributed by atoms with van der Waals surface area (Å²) in [6.45, 7) is 0.958. The number of imide groups is 1. The second-order valence-electron chi connectivity index (χ2n) is 5.63. The van der Waals surface area contributed by atoms with Crippen molar-refractivity contribution < 1.29 is 14.3 Å². The van der Waals surface area contributed by atoms with Crippen molar-refractivity contribution in [3.8, 4) is 5.75 Å². The number of benzene rings is 2. The lowest BCUT2D eigenvalue weighted by Gasteiger charge is -2.14. The highest BCUT2D eigenvalue weighted by Gasteiger charge is 2.34. The van der Waals surface area contributed by atoms with E-state index in [-0.39, 0.29) is 18.4 Å². The summed E-state index contributed by atoms with van der Waals surface area (Å²) < 4.78 is 5.66. The molecular weight excluding hydrogens is 370 g/mol. The smallest absolute Gasteiger partial charge is 0.261 e. The molecule has 0 aliphatic carbocycles. The van der Waals surface area contributed by atoms with Gasteiger partial charge in [0.05, 0.1) is 24.3 Å². The molecule has 4 nitrogen and oxygen atoms in total. The Morgan fingerprint density at radius 2 is 1.50 bits per heavy atom. The van der Waals surface area contributed by atoms with E-state index in [0.717, 1.165) is 29.5 Å². The number of unbranched alkanes of at least 4 members (excludes halogenated alkanes) is 1. The maximum absolute atomic E-state index is 12.4. The Balaban J connectivity index is 1.63. The SMILES string of the molecule is O=C1c2ccccc2C(=O)N1Cc1ccc(OCCCCBr)cc1. The Morgan fingerprint density at radius 1 is 0.875 bits per heavy atom. The first kappa shape index (κ1) is 16.7. The largest absolute Gasteiger partial charge is 0.494 e. The van der Waals surface area contributed by atoms with E-state index in [1.807, 2.05) is 24.3 Å². The third-order valence-corrected chi connectivity index (χ3v) is 4.50. The summed E-state index contributed by atoms with van der Waals surface area (Å²) in [5.41, 5.74) is 1.86. The quantitative estimate of drug-likeness (QED) is 0.409. The summed E-state index contributed by atoms with van der Waals surface area (Å²) in [6.07, 6.45) is 2.08. The second kappa shape index (κ2) is 7.62. The maximum Gasteiger partial charge on any atom is 0.261 e. The summed E-state index contributed by atoms with van der Waals surface area (Å²) in [6, 6.07) is 14.5. The van der Waals surface area contributed by atoms with E-state index < -0.39 is 0 Å². The number of alkyl halides is 1. The van der Waals surface area contributed by atoms with Crippen molar-refractivity contribution in [3.63, 3.8) is 0 Å². The molecule has 1 aliphatic rings. The predicted molar refractivity (Wildman–Crippen MR) is 95.6 cm³/mol. The van der Waals surface area contributed by atoms with Crippen molar-refractivity contribution in [1.29, 1.82) is 0 Å². The molecule has 5 heteroatoms.